The standard InChI is InChI=1S/C32H32N4O9/c1-34(2)19-11-14(12-36-30(43)15-7-5-6-8-16(15)31(36)44)24(37)21-17(19)9-13-10-18-23(35(3)4)26(39)22(29(33)42)28(41)32(18,45)27(40)20(13)25(21)38/h5-8,11,13,18,23,37-38,41,45H,9-10,12H2,1-4H3,(H2,33,42)/t13-,18-,23-,32-/m0/s1. The SMILES string of the molecule is CN(C)c1cc(CN2C(=O)c3ccccc3C2=O)c(O)c2c1C[C@H]1C[C@H]3[C@H](N(C)C)C(=O)C(C(N)=O)=C(O)[C@@]3(O)C(=O)C1=C2O. The summed E-state index contributed by atoms with van der Waals surface area (Å²) in [6.07, 6.45) is 0.0547. The van der Waals surface area contributed by atoms with E-state index in [1.807, 2.05) is 0 Å². The zero-order valence-electron chi connectivity index (χ0n) is 25.0. The Labute approximate surface area is 257 Å². The van der Waals surface area contributed by atoms with Crippen LogP contribution in [-0.4, -0.2) is 99.3 Å². The van der Waals surface area contributed by atoms with Crippen LogP contribution < -0.4 is 10.6 Å². The molecular formula is C32H32N4O9. The van der Waals surface area contributed by atoms with Crippen molar-refractivity contribution in [2.24, 2.45) is 17.6 Å². The van der Waals surface area contributed by atoms with Crippen molar-refractivity contribution in [2.75, 3.05) is 33.1 Å². The Morgan fingerprint density at radius 2 is 1.62 bits per heavy atom. The molecule has 0 radical (unpaired) electrons. The Hall–Kier alpha value is -5.01. The number of benzene rings is 2. The van der Waals surface area contributed by atoms with E-state index in [1.165, 1.54) is 31.1 Å². The number of phenols is 1. The van der Waals surface area contributed by atoms with Gasteiger partial charge in [0.15, 0.2) is 11.4 Å². The minimum Gasteiger partial charge on any atom is -0.508 e. The summed E-state index contributed by atoms with van der Waals surface area (Å²) in [6.45, 7) is -0.337. The van der Waals surface area contributed by atoms with Crippen molar-refractivity contribution in [2.45, 2.75) is 31.0 Å². The minimum atomic E-state index is -2.76. The molecule has 2 aromatic carbocycles. The molecule has 45 heavy (non-hydrogen) atoms. The Balaban J connectivity index is 1.51. The average molecular weight is 617 g/mol. The van der Waals surface area contributed by atoms with E-state index < -0.39 is 75.6 Å². The molecule has 1 aliphatic heterocycles. The van der Waals surface area contributed by atoms with Gasteiger partial charge in [-0.05, 0) is 56.6 Å². The fourth-order valence-electron chi connectivity index (χ4n) is 7.42. The molecule has 0 unspecified atom stereocenters. The highest BCUT2D eigenvalue weighted by Crippen LogP contribution is 2.54. The first-order valence-electron chi connectivity index (χ1n) is 14.3. The van der Waals surface area contributed by atoms with Gasteiger partial charge in [0.25, 0.3) is 17.7 Å². The van der Waals surface area contributed by atoms with Gasteiger partial charge in [-0.3, -0.25) is 33.8 Å². The minimum absolute atomic E-state index is 0.0455. The van der Waals surface area contributed by atoms with Crippen LogP contribution in [0.5, 0.6) is 5.75 Å². The highest BCUT2D eigenvalue weighted by Gasteiger charge is 2.64. The lowest BCUT2D eigenvalue weighted by atomic mass is 9.57. The van der Waals surface area contributed by atoms with Gasteiger partial charge in [-0.15, -0.1) is 0 Å². The van der Waals surface area contributed by atoms with E-state index in [1.54, 1.807) is 37.2 Å². The second-order valence-corrected chi connectivity index (χ2v) is 12.4. The van der Waals surface area contributed by atoms with Crippen molar-refractivity contribution in [3.8, 4) is 5.75 Å². The number of likely N-dealkylation sites (N-methyl/N-ethyl adjacent to an activating group) is 1. The van der Waals surface area contributed by atoms with Crippen molar-refractivity contribution in [1.82, 2.24) is 9.80 Å². The summed E-state index contributed by atoms with van der Waals surface area (Å²) < 4.78 is 0. The summed E-state index contributed by atoms with van der Waals surface area (Å²) >= 11 is 0. The Kier molecular flexibility index (Phi) is 6.68. The molecular weight excluding hydrogens is 584 g/mol. The van der Waals surface area contributed by atoms with Crippen LogP contribution in [0, 0.1) is 11.8 Å². The third-order valence-corrected chi connectivity index (χ3v) is 9.46. The summed E-state index contributed by atoms with van der Waals surface area (Å²) in [7, 11) is 6.53. The molecule has 6 rings (SSSR count). The highest BCUT2D eigenvalue weighted by molar-refractivity contribution is 6.24. The van der Waals surface area contributed by atoms with Gasteiger partial charge in [-0.1, -0.05) is 12.1 Å². The van der Waals surface area contributed by atoms with Gasteiger partial charge in [-0.2, -0.15) is 0 Å². The smallest absolute Gasteiger partial charge is 0.261 e. The van der Waals surface area contributed by atoms with Crippen LogP contribution in [0.1, 0.15) is 43.8 Å². The molecule has 234 valence electrons. The van der Waals surface area contributed by atoms with Crippen molar-refractivity contribution in [3.63, 3.8) is 0 Å². The summed E-state index contributed by atoms with van der Waals surface area (Å²) in [5.74, 6) is -8.60. The highest BCUT2D eigenvalue weighted by atomic mass is 16.3. The topological polar surface area (TPSA) is 202 Å². The number of ketones is 2. The molecule has 4 aliphatic rings. The molecule has 13 nitrogen and oxygen atoms in total. The third-order valence-electron chi connectivity index (χ3n) is 9.46. The van der Waals surface area contributed by atoms with Gasteiger partial charge in [0.1, 0.15) is 22.8 Å². The number of aromatic hydroxyl groups is 1. The number of fused-ring (bicyclic) bond motifs is 4. The second kappa shape index (κ2) is 10.0. The van der Waals surface area contributed by atoms with Crippen LogP contribution in [0.15, 0.2) is 47.2 Å². The lowest BCUT2D eigenvalue weighted by Crippen LogP contribution is -2.65. The largest absolute Gasteiger partial charge is 0.508 e. The number of phenolic OH excluding ortho intramolecular Hbond substituents is 1. The van der Waals surface area contributed by atoms with E-state index in [4.69, 9.17) is 5.73 Å². The van der Waals surface area contributed by atoms with Gasteiger partial charge < -0.3 is 31.1 Å². The first-order chi connectivity index (χ1) is 21.1. The van der Waals surface area contributed by atoms with Crippen molar-refractivity contribution >= 4 is 40.7 Å². The number of anilines is 1. The fraction of sp³-hybridized carbons (Fsp3) is 0.344. The van der Waals surface area contributed by atoms with Crippen LogP contribution in [0.2, 0.25) is 0 Å². The van der Waals surface area contributed by atoms with Crippen molar-refractivity contribution in [3.05, 3.63) is 75.1 Å². The molecule has 0 saturated heterocycles. The lowest BCUT2D eigenvalue weighted by molar-refractivity contribution is -0.153. The number of aliphatic hydroxyl groups excluding tert-OH is 2. The van der Waals surface area contributed by atoms with Gasteiger partial charge >= 0.3 is 0 Å². The molecule has 4 atom stereocenters. The maximum atomic E-state index is 14.2. The van der Waals surface area contributed by atoms with Gasteiger partial charge in [-0.25, -0.2) is 0 Å². The molecule has 1 heterocycles. The third kappa shape index (κ3) is 3.97. The first kappa shape index (κ1) is 30.0. The Morgan fingerprint density at radius 1 is 1.02 bits per heavy atom. The number of rotatable bonds is 5. The molecule has 3 amide bonds. The number of nitrogens with two attached hydrogens (primary N) is 1. The van der Waals surface area contributed by atoms with Crippen LogP contribution in [0.25, 0.3) is 5.76 Å². The molecule has 0 spiro atoms. The van der Waals surface area contributed by atoms with E-state index in [0.717, 1.165) is 4.90 Å². The second-order valence-electron chi connectivity index (χ2n) is 12.4. The number of carbonyl (C=O) groups is 5. The zero-order chi connectivity index (χ0) is 32.9. The fourth-order valence-corrected chi connectivity index (χ4v) is 7.42. The van der Waals surface area contributed by atoms with Crippen LogP contribution >= 0.6 is 0 Å². The summed E-state index contributed by atoms with van der Waals surface area (Å²) in [4.78, 5) is 70.0. The number of imide groups is 1. The summed E-state index contributed by atoms with van der Waals surface area (Å²) in [5.41, 5.74) is 2.89. The maximum Gasteiger partial charge on any atom is 0.261 e. The molecule has 1 saturated carbocycles. The van der Waals surface area contributed by atoms with Gasteiger partial charge in [0.05, 0.1) is 29.3 Å². The number of primary amides is 1. The Morgan fingerprint density at radius 3 is 2.16 bits per heavy atom. The molecule has 2 aromatic rings. The number of aliphatic hydroxyl groups is 3. The molecule has 0 aromatic heterocycles. The molecule has 1 fully saturated rings. The molecule has 6 N–H and O–H groups in total. The molecule has 13 heteroatoms. The lowest BCUT2D eigenvalue weighted by Gasteiger charge is -2.50. The van der Waals surface area contributed by atoms with Crippen molar-refractivity contribution < 1.29 is 44.4 Å². The van der Waals surface area contributed by atoms with E-state index in [2.05, 4.69) is 0 Å². The number of carbonyl (C=O) groups excluding carboxylic acids is 5. The van der Waals surface area contributed by atoms with Crippen LogP contribution in [0.3, 0.4) is 0 Å². The number of hydrogen-bond donors (Lipinski definition) is 5. The zero-order valence-corrected chi connectivity index (χ0v) is 25.0. The number of hydrogen-bond acceptors (Lipinski definition) is 11. The predicted molar refractivity (Wildman–Crippen MR) is 159 cm³/mol. The van der Waals surface area contributed by atoms with E-state index in [9.17, 15) is 44.4 Å². The summed E-state index contributed by atoms with van der Waals surface area (Å²) in [6, 6.07) is 6.75. The molecule has 0 bridgehead atoms. The Bertz CT molecular complexity index is 1790. The summed E-state index contributed by atoms with van der Waals surface area (Å²) in [5, 5.41) is 46.1. The number of Topliss-reactive ketones (excluding diaryl/α,β-unsaturated/α-hetero) is 2. The van der Waals surface area contributed by atoms with E-state index >= 15 is 0 Å². The predicted octanol–water partition coefficient (Wildman–Crippen LogP) is 0.826. The van der Waals surface area contributed by atoms with Gasteiger partial charge in [0, 0.05) is 36.8 Å². The van der Waals surface area contributed by atoms with E-state index in [0.29, 0.717) is 11.3 Å². The monoisotopic (exact) mass is 616 g/mol. The number of amides is 3. The van der Waals surface area contributed by atoms with Crippen LogP contribution in [0.4, 0.5) is 5.69 Å². The van der Waals surface area contributed by atoms with Crippen molar-refractivity contribution in [1.29, 1.82) is 0 Å². The maximum absolute atomic E-state index is 14.2. The van der Waals surface area contributed by atoms with E-state index in [-0.39, 0.29) is 47.2 Å². The molecule has 3 aliphatic carbocycles. The number of nitrogens with zero attached hydrogens (tertiary/aromatic N) is 3. The van der Waals surface area contributed by atoms with Crippen LogP contribution in [-0.2, 0) is 27.3 Å². The first-order valence-corrected chi connectivity index (χ1v) is 14.3. The quantitative estimate of drug-likeness (QED) is 0.235. The van der Waals surface area contributed by atoms with Gasteiger partial charge in [0.2, 0.25) is 5.78 Å². The average Bonchev–Trinajstić information content (AvgIpc) is 3.20. The normalized spacial score (nSPS) is 25.8.